The van der Waals surface area contributed by atoms with E-state index in [-0.39, 0.29) is 17.8 Å². The van der Waals surface area contributed by atoms with Gasteiger partial charge in [-0.05, 0) is 74.5 Å². The van der Waals surface area contributed by atoms with Crippen molar-refractivity contribution in [2.75, 3.05) is 32.7 Å². The van der Waals surface area contributed by atoms with Crippen LogP contribution in [-0.4, -0.2) is 88.2 Å². The smallest absolute Gasteiger partial charge is 0.312 e. The first-order valence-corrected chi connectivity index (χ1v) is 16.9. The topological polar surface area (TPSA) is 110 Å². The normalized spacial score (nSPS) is 24.5. The van der Waals surface area contributed by atoms with Gasteiger partial charge in [-0.25, -0.2) is 0 Å². The summed E-state index contributed by atoms with van der Waals surface area (Å²) < 4.78 is 0. The number of aromatic hydroxyl groups is 1. The molecule has 1 aromatic rings. The Morgan fingerprint density at radius 2 is 1.37 bits per heavy atom. The minimum Gasteiger partial charge on any atom is -0.508 e. The van der Waals surface area contributed by atoms with Crippen molar-refractivity contribution in [3.8, 4) is 5.75 Å². The van der Waals surface area contributed by atoms with Gasteiger partial charge in [-0.2, -0.15) is 0 Å². The molecule has 5 rings (SSSR count). The van der Waals surface area contributed by atoms with Crippen molar-refractivity contribution >= 4 is 23.6 Å². The fraction of sp³-hybridized carbons (Fsp3) is 0.706. The molecular formula is C34H50N4O5. The highest BCUT2D eigenvalue weighted by atomic mass is 16.3. The summed E-state index contributed by atoms with van der Waals surface area (Å²) in [7, 11) is 0. The van der Waals surface area contributed by atoms with E-state index < -0.39 is 23.6 Å². The van der Waals surface area contributed by atoms with Crippen molar-refractivity contribution < 1.29 is 24.3 Å². The minimum atomic E-state index is -0.505. The fourth-order valence-corrected chi connectivity index (χ4v) is 7.73. The van der Waals surface area contributed by atoms with Crippen molar-refractivity contribution in [1.29, 1.82) is 0 Å². The summed E-state index contributed by atoms with van der Waals surface area (Å²) in [5.41, 5.74) is 1.04. The van der Waals surface area contributed by atoms with Crippen LogP contribution >= 0.6 is 0 Å². The second kappa shape index (κ2) is 15.1. The number of phenolic OH excluding ortho intramolecular Hbond substituents is 1. The van der Waals surface area contributed by atoms with Crippen molar-refractivity contribution in [3.05, 3.63) is 29.8 Å². The number of hydrogen-bond acceptors (Lipinski definition) is 5. The Bertz CT molecular complexity index is 1110. The summed E-state index contributed by atoms with van der Waals surface area (Å²) >= 11 is 0. The number of benzene rings is 1. The van der Waals surface area contributed by atoms with Gasteiger partial charge in [0.2, 0.25) is 0 Å². The molecule has 2 aliphatic heterocycles. The molecule has 2 atom stereocenters. The van der Waals surface area contributed by atoms with Crippen LogP contribution in [0.3, 0.4) is 0 Å². The standard InChI is InChI=1S/C34H50N4O5/c39-30-16-14-26(15-17-30)21-29-24-36(33(42)34(43)38(29)23-27-11-5-2-6-12-27)19-8-7-13-28-22-35-31(40)32(41)37(28)20-18-25-9-3-1-4-10-25/h14-17,25,27-29,39H,1-13,18-24H2,(H,35,40)/t28-,29-/m0/s1. The predicted molar refractivity (Wildman–Crippen MR) is 164 cm³/mol. The molecule has 4 fully saturated rings. The van der Waals surface area contributed by atoms with E-state index in [2.05, 4.69) is 5.32 Å². The van der Waals surface area contributed by atoms with Crippen molar-refractivity contribution in [3.63, 3.8) is 0 Å². The molecule has 0 unspecified atom stereocenters. The second-order valence-corrected chi connectivity index (χ2v) is 13.4. The van der Waals surface area contributed by atoms with Crippen LogP contribution in [0, 0.1) is 11.8 Å². The molecule has 2 aliphatic carbocycles. The molecule has 4 amide bonds. The number of hydrogen-bond donors (Lipinski definition) is 2. The van der Waals surface area contributed by atoms with Crippen LogP contribution in [0.5, 0.6) is 5.75 Å². The van der Waals surface area contributed by atoms with E-state index in [4.69, 9.17) is 0 Å². The number of piperazine rings is 2. The lowest BCUT2D eigenvalue weighted by atomic mass is 9.86. The van der Waals surface area contributed by atoms with Crippen LogP contribution in [0.4, 0.5) is 0 Å². The van der Waals surface area contributed by atoms with Gasteiger partial charge in [-0.15, -0.1) is 0 Å². The van der Waals surface area contributed by atoms with Crippen LogP contribution in [0.2, 0.25) is 0 Å². The first kappa shape index (κ1) is 31.3. The zero-order chi connectivity index (χ0) is 30.2. The Morgan fingerprint density at radius 1 is 0.698 bits per heavy atom. The number of phenols is 1. The third kappa shape index (κ3) is 8.30. The minimum absolute atomic E-state index is 0.0271. The van der Waals surface area contributed by atoms with E-state index in [1.54, 1.807) is 21.9 Å². The third-order valence-electron chi connectivity index (χ3n) is 10.3. The van der Waals surface area contributed by atoms with Gasteiger partial charge in [0.15, 0.2) is 0 Å². The SMILES string of the molecule is O=C1NC[C@H](CCCCN2C[C@H](Cc3ccc(O)cc3)N(CC3CCCCC3)C(=O)C2=O)N(CCC2CCCCC2)C1=O. The van der Waals surface area contributed by atoms with Gasteiger partial charge in [0.1, 0.15) is 5.75 Å². The molecule has 4 aliphatic rings. The quantitative estimate of drug-likeness (QED) is 0.281. The van der Waals surface area contributed by atoms with Gasteiger partial charge in [0.25, 0.3) is 0 Å². The van der Waals surface area contributed by atoms with Gasteiger partial charge in [-0.3, -0.25) is 19.2 Å². The van der Waals surface area contributed by atoms with E-state index in [9.17, 15) is 24.3 Å². The molecule has 43 heavy (non-hydrogen) atoms. The summed E-state index contributed by atoms with van der Waals surface area (Å²) in [6.07, 6.45) is 16.0. The number of unbranched alkanes of at least 4 members (excludes halogenated alkanes) is 1. The van der Waals surface area contributed by atoms with Crippen molar-refractivity contribution in [1.82, 2.24) is 20.0 Å². The molecule has 2 N–H and O–H groups in total. The maximum atomic E-state index is 13.5. The Kier molecular flexibility index (Phi) is 11.0. The fourth-order valence-electron chi connectivity index (χ4n) is 7.73. The van der Waals surface area contributed by atoms with E-state index in [1.807, 2.05) is 17.0 Å². The number of amides is 4. The van der Waals surface area contributed by atoms with E-state index >= 15 is 0 Å². The van der Waals surface area contributed by atoms with E-state index in [0.717, 1.165) is 44.1 Å². The summed E-state index contributed by atoms with van der Waals surface area (Å²) in [4.78, 5) is 57.0. The lowest BCUT2D eigenvalue weighted by Gasteiger charge is -2.42. The number of carbonyl (C=O) groups is 4. The molecule has 2 saturated carbocycles. The van der Waals surface area contributed by atoms with E-state index in [1.165, 1.54) is 51.4 Å². The van der Waals surface area contributed by atoms with Gasteiger partial charge in [0, 0.05) is 38.8 Å². The Morgan fingerprint density at radius 3 is 2.07 bits per heavy atom. The third-order valence-corrected chi connectivity index (χ3v) is 10.3. The van der Waals surface area contributed by atoms with Crippen LogP contribution in [0.1, 0.15) is 95.5 Å². The van der Waals surface area contributed by atoms with Crippen LogP contribution in [0.15, 0.2) is 24.3 Å². The highest BCUT2D eigenvalue weighted by Crippen LogP contribution is 2.29. The van der Waals surface area contributed by atoms with Gasteiger partial charge >= 0.3 is 23.6 Å². The lowest BCUT2D eigenvalue weighted by Crippen LogP contribution is -2.61. The van der Waals surface area contributed by atoms with Crippen molar-refractivity contribution in [2.24, 2.45) is 11.8 Å². The Hall–Kier alpha value is -3.10. The van der Waals surface area contributed by atoms with Gasteiger partial charge < -0.3 is 25.1 Å². The van der Waals surface area contributed by atoms with Crippen molar-refractivity contribution in [2.45, 2.75) is 108 Å². The monoisotopic (exact) mass is 594 g/mol. The largest absolute Gasteiger partial charge is 0.508 e. The van der Waals surface area contributed by atoms with Crippen LogP contribution in [-0.2, 0) is 25.6 Å². The first-order chi connectivity index (χ1) is 20.9. The molecule has 2 saturated heterocycles. The summed E-state index contributed by atoms with van der Waals surface area (Å²) in [5, 5.41) is 12.5. The zero-order valence-electron chi connectivity index (χ0n) is 25.7. The van der Waals surface area contributed by atoms with Gasteiger partial charge in [-0.1, -0.05) is 63.5 Å². The molecule has 0 spiro atoms. The molecule has 0 bridgehead atoms. The maximum Gasteiger partial charge on any atom is 0.312 e. The molecular weight excluding hydrogens is 544 g/mol. The number of nitrogens with one attached hydrogen (secondary N) is 1. The average Bonchev–Trinajstić information content (AvgIpc) is 3.03. The van der Waals surface area contributed by atoms with Crippen LogP contribution in [0.25, 0.3) is 0 Å². The predicted octanol–water partition coefficient (Wildman–Crippen LogP) is 4.02. The molecule has 1 aromatic carbocycles. The Balaban J connectivity index is 1.16. The summed E-state index contributed by atoms with van der Waals surface area (Å²) in [6.45, 7) is 2.75. The molecule has 9 heteroatoms. The van der Waals surface area contributed by atoms with Gasteiger partial charge in [0.05, 0.1) is 6.04 Å². The second-order valence-electron chi connectivity index (χ2n) is 13.4. The highest BCUT2D eigenvalue weighted by molar-refractivity contribution is 6.36. The molecule has 236 valence electrons. The highest BCUT2D eigenvalue weighted by Gasteiger charge is 2.40. The van der Waals surface area contributed by atoms with E-state index in [0.29, 0.717) is 51.0 Å². The summed E-state index contributed by atoms with van der Waals surface area (Å²) in [6, 6.07) is 7.00. The Labute approximate surface area is 256 Å². The molecule has 0 radical (unpaired) electrons. The maximum absolute atomic E-state index is 13.5. The number of nitrogens with zero attached hydrogens (tertiary/aromatic N) is 3. The number of rotatable bonds is 12. The number of carbonyl (C=O) groups excluding carboxylic acids is 4. The average molecular weight is 595 g/mol. The summed E-state index contributed by atoms with van der Waals surface area (Å²) in [5.74, 6) is -0.428. The van der Waals surface area contributed by atoms with Crippen LogP contribution < -0.4 is 5.32 Å². The molecule has 9 nitrogen and oxygen atoms in total. The lowest BCUT2D eigenvalue weighted by molar-refractivity contribution is -0.159. The molecule has 2 heterocycles. The zero-order valence-corrected chi connectivity index (χ0v) is 25.7. The molecule has 0 aromatic heterocycles. The first-order valence-electron chi connectivity index (χ1n) is 16.9.